The van der Waals surface area contributed by atoms with Crippen molar-refractivity contribution in [3.8, 4) is 0 Å². The lowest BCUT2D eigenvalue weighted by Crippen LogP contribution is -2.18. The molecule has 0 aliphatic carbocycles. The molecule has 0 amide bonds. The van der Waals surface area contributed by atoms with Crippen LogP contribution in [0.1, 0.15) is 19.0 Å². The molecule has 2 heteroatoms. The summed E-state index contributed by atoms with van der Waals surface area (Å²) < 4.78 is 1.70. The minimum absolute atomic E-state index is 0.0796. The maximum absolute atomic E-state index is 11.1. The van der Waals surface area contributed by atoms with Gasteiger partial charge in [0.1, 0.15) is 0 Å². The first kappa shape index (κ1) is 8.05. The van der Waals surface area contributed by atoms with Crippen LogP contribution >= 0.6 is 0 Å². The van der Waals surface area contributed by atoms with Crippen molar-refractivity contribution in [3.63, 3.8) is 0 Å². The summed E-state index contributed by atoms with van der Waals surface area (Å²) in [6.45, 7) is 2.11. The second kappa shape index (κ2) is 3.37. The summed E-state index contributed by atoms with van der Waals surface area (Å²) in [7, 11) is 1.81. The van der Waals surface area contributed by atoms with Crippen molar-refractivity contribution >= 4 is 0 Å². The Bertz CT molecular complexity index is 288. The van der Waals surface area contributed by atoms with Crippen LogP contribution in [0, 0.1) is 0 Å². The zero-order chi connectivity index (χ0) is 8.27. The molecular formula is C9H13NO. The molecule has 1 rings (SSSR count). The second-order valence-corrected chi connectivity index (χ2v) is 2.66. The molecule has 0 aromatic carbocycles. The van der Waals surface area contributed by atoms with Crippen molar-refractivity contribution < 1.29 is 0 Å². The fourth-order valence-corrected chi connectivity index (χ4v) is 1.11. The molecule has 1 aromatic rings. The molecule has 0 spiro atoms. The molecule has 0 saturated carbocycles. The summed E-state index contributed by atoms with van der Waals surface area (Å²) in [4.78, 5) is 11.1. The number of hydrogen-bond acceptors (Lipinski definition) is 1. The first-order chi connectivity index (χ1) is 5.25. The van der Waals surface area contributed by atoms with Gasteiger partial charge in [-0.25, -0.2) is 0 Å². The van der Waals surface area contributed by atoms with Crippen molar-refractivity contribution in [1.29, 1.82) is 0 Å². The van der Waals surface area contributed by atoms with Crippen LogP contribution in [0.4, 0.5) is 0 Å². The van der Waals surface area contributed by atoms with Crippen molar-refractivity contribution in [2.75, 3.05) is 0 Å². The van der Waals surface area contributed by atoms with Crippen LogP contribution in [0.5, 0.6) is 0 Å². The average Bonchev–Trinajstić information content (AvgIpc) is 1.99. The molecule has 2 nitrogen and oxygen atoms in total. The summed E-state index contributed by atoms with van der Waals surface area (Å²) in [6, 6.07) is 5.39. The van der Waals surface area contributed by atoms with Crippen LogP contribution in [0.15, 0.2) is 23.0 Å². The van der Waals surface area contributed by atoms with E-state index < -0.39 is 0 Å². The molecule has 1 aromatic heterocycles. The standard InChI is InChI=1S/C9H13NO/c1-3-5-8-6-4-7-9(11)10(8)2/h4,6-7H,3,5H2,1-2H3. The smallest absolute Gasteiger partial charge is 0.250 e. The van der Waals surface area contributed by atoms with E-state index in [4.69, 9.17) is 0 Å². The molecule has 11 heavy (non-hydrogen) atoms. The van der Waals surface area contributed by atoms with Gasteiger partial charge in [-0.05, 0) is 12.5 Å². The Balaban J connectivity index is 3.06. The molecule has 60 valence electrons. The van der Waals surface area contributed by atoms with E-state index in [0.29, 0.717) is 0 Å². The summed E-state index contributed by atoms with van der Waals surface area (Å²) in [5, 5.41) is 0. The van der Waals surface area contributed by atoms with E-state index >= 15 is 0 Å². The predicted molar refractivity (Wildman–Crippen MR) is 45.7 cm³/mol. The van der Waals surface area contributed by atoms with E-state index in [1.807, 2.05) is 19.2 Å². The third-order valence-electron chi connectivity index (χ3n) is 1.79. The molecular weight excluding hydrogens is 138 g/mol. The van der Waals surface area contributed by atoms with Crippen LogP contribution in [0.3, 0.4) is 0 Å². The highest BCUT2D eigenvalue weighted by Crippen LogP contribution is 1.97. The van der Waals surface area contributed by atoms with Gasteiger partial charge in [0.15, 0.2) is 0 Å². The van der Waals surface area contributed by atoms with Crippen LogP contribution in [-0.4, -0.2) is 4.57 Å². The van der Waals surface area contributed by atoms with Gasteiger partial charge in [0.2, 0.25) is 5.56 Å². The fraction of sp³-hybridized carbons (Fsp3) is 0.444. The summed E-state index contributed by atoms with van der Waals surface area (Å²) >= 11 is 0. The number of aromatic nitrogens is 1. The summed E-state index contributed by atoms with van der Waals surface area (Å²) in [6.07, 6.45) is 2.06. The van der Waals surface area contributed by atoms with E-state index in [2.05, 4.69) is 6.92 Å². The molecule has 0 atom stereocenters. The van der Waals surface area contributed by atoms with E-state index in [1.165, 1.54) is 0 Å². The number of rotatable bonds is 2. The molecule has 0 unspecified atom stereocenters. The number of pyridine rings is 1. The van der Waals surface area contributed by atoms with E-state index in [0.717, 1.165) is 18.5 Å². The highest BCUT2D eigenvalue weighted by Gasteiger charge is 1.95. The number of hydrogen-bond donors (Lipinski definition) is 0. The van der Waals surface area contributed by atoms with Gasteiger partial charge in [0, 0.05) is 18.8 Å². The SMILES string of the molecule is CCCc1cccc(=O)n1C. The molecule has 0 fully saturated rings. The Morgan fingerprint density at radius 2 is 2.18 bits per heavy atom. The first-order valence-electron chi connectivity index (χ1n) is 3.90. The van der Waals surface area contributed by atoms with Crippen molar-refractivity contribution in [1.82, 2.24) is 4.57 Å². The van der Waals surface area contributed by atoms with Crippen LogP contribution < -0.4 is 5.56 Å². The van der Waals surface area contributed by atoms with Gasteiger partial charge in [0.25, 0.3) is 0 Å². The predicted octanol–water partition coefficient (Wildman–Crippen LogP) is 1.34. The van der Waals surface area contributed by atoms with Crippen molar-refractivity contribution in [2.24, 2.45) is 7.05 Å². The van der Waals surface area contributed by atoms with Crippen LogP contribution in [0.25, 0.3) is 0 Å². The molecule has 0 saturated heterocycles. The molecule has 0 aliphatic rings. The topological polar surface area (TPSA) is 22.0 Å². The van der Waals surface area contributed by atoms with Crippen LogP contribution in [0.2, 0.25) is 0 Å². The van der Waals surface area contributed by atoms with Gasteiger partial charge in [-0.2, -0.15) is 0 Å². The third kappa shape index (κ3) is 1.70. The van der Waals surface area contributed by atoms with Gasteiger partial charge in [-0.1, -0.05) is 19.4 Å². The molecule has 1 heterocycles. The zero-order valence-electron chi connectivity index (χ0n) is 7.00. The van der Waals surface area contributed by atoms with Gasteiger partial charge >= 0.3 is 0 Å². The van der Waals surface area contributed by atoms with Gasteiger partial charge in [0.05, 0.1) is 0 Å². The monoisotopic (exact) mass is 151 g/mol. The number of nitrogens with zero attached hydrogens (tertiary/aromatic N) is 1. The Morgan fingerprint density at radius 1 is 1.45 bits per heavy atom. The maximum atomic E-state index is 11.1. The minimum atomic E-state index is 0.0796. The quantitative estimate of drug-likeness (QED) is 0.625. The second-order valence-electron chi connectivity index (χ2n) is 2.66. The third-order valence-corrected chi connectivity index (χ3v) is 1.79. The summed E-state index contributed by atoms with van der Waals surface area (Å²) in [5.41, 5.74) is 1.19. The zero-order valence-corrected chi connectivity index (χ0v) is 7.00. The maximum Gasteiger partial charge on any atom is 0.250 e. The molecule has 0 N–H and O–H groups in total. The van der Waals surface area contributed by atoms with Crippen molar-refractivity contribution in [3.05, 3.63) is 34.2 Å². The molecule has 0 radical (unpaired) electrons. The highest BCUT2D eigenvalue weighted by molar-refractivity contribution is 5.05. The molecule has 0 bridgehead atoms. The van der Waals surface area contributed by atoms with Crippen LogP contribution in [-0.2, 0) is 13.5 Å². The Labute approximate surface area is 66.5 Å². The lowest BCUT2D eigenvalue weighted by atomic mass is 10.2. The number of aryl methyl sites for hydroxylation is 1. The normalized spacial score (nSPS) is 10.0. The highest BCUT2D eigenvalue weighted by atomic mass is 16.1. The van der Waals surface area contributed by atoms with Gasteiger partial charge < -0.3 is 4.57 Å². The van der Waals surface area contributed by atoms with Gasteiger partial charge in [-0.3, -0.25) is 4.79 Å². The molecule has 0 aliphatic heterocycles. The Kier molecular flexibility index (Phi) is 2.47. The van der Waals surface area contributed by atoms with Crippen molar-refractivity contribution in [2.45, 2.75) is 19.8 Å². The van der Waals surface area contributed by atoms with Gasteiger partial charge in [-0.15, -0.1) is 0 Å². The Morgan fingerprint density at radius 3 is 2.82 bits per heavy atom. The largest absolute Gasteiger partial charge is 0.316 e. The summed E-state index contributed by atoms with van der Waals surface area (Å²) in [5.74, 6) is 0. The lowest BCUT2D eigenvalue weighted by molar-refractivity contribution is 0.747. The van der Waals surface area contributed by atoms with E-state index in [9.17, 15) is 4.79 Å². The average molecular weight is 151 g/mol. The Hall–Kier alpha value is -1.05. The van der Waals surface area contributed by atoms with E-state index in [1.54, 1.807) is 10.6 Å². The lowest BCUT2D eigenvalue weighted by Gasteiger charge is -2.04. The van der Waals surface area contributed by atoms with E-state index in [-0.39, 0.29) is 5.56 Å². The first-order valence-corrected chi connectivity index (χ1v) is 3.90. The minimum Gasteiger partial charge on any atom is -0.316 e. The fourth-order valence-electron chi connectivity index (χ4n) is 1.11.